The number of ketones is 1. The summed E-state index contributed by atoms with van der Waals surface area (Å²) in [6.45, 7) is 0. The SMILES string of the molecule is O=C(C=CC1CC(Cc2ccc(-c3ccccc3)cc2)N(C=Cc2ccccc2)C1=O)c1ccccc1. The molecule has 0 radical (unpaired) electrons. The number of rotatable bonds is 8. The zero-order chi connectivity index (χ0) is 25.5. The molecular weight excluding hydrogens is 454 g/mol. The third-order valence-electron chi connectivity index (χ3n) is 6.79. The van der Waals surface area contributed by atoms with Crippen LogP contribution < -0.4 is 0 Å². The first-order chi connectivity index (χ1) is 18.2. The van der Waals surface area contributed by atoms with Crippen molar-refractivity contribution in [2.24, 2.45) is 5.92 Å². The van der Waals surface area contributed by atoms with Crippen LogP contribution in [0.15, 0.2) is 134 Å². The molecule has 4 aromatic carbocycles. The van der Waals surface area contributed by atoms with Crippen molar-refractivity contribution in [2.45, 2.75) is 18.9 Å². The van der Waals surface area contributed by atoms with Crippen LogP contribution in [0, 0.1) is 5.92 Å². The Kier molecular flexibility index (Phi) is 7.52. The monoisotopic (exact) mass is 483 g/mol. The van der Waals surface area contributed by atoms with Crippen LogP contribution in [-0.2, 0) is 11.2 Å². The molecule has 4 aromatic rings. The normalized spacial score (nSPS) is 17.6. The number of allylic oxidation sites excluding steroid dienone is 1. The van der Waals surface area contributed by atoms with Crippen LogP contribution in [0.5, 0.6) is 0 Å². The van der Waals surface area contributed by atoms with E-state index in [-0.39, 0.29) is 23.7 Å². The van der Waals surface area contributed by atoms with E-state index in [9.17, 15) is 9.59 Å². The van der Waals surface area contributed by atoms with Gasteiger partial charge in [0.2, 0.25) is 5.91 Å². The summed E-state index contributed by atoms with van der Waals surface area (Å²) in [5.74, 6) is -0.392. The van der Waals surface area contributed by atoms with Gasteiger partial charge in [0.15, 0.2) is 5.78 Å². The molecule has 1 amide bonds. The molecule has 0 aromatic heterocycles. The van der Waals surface area contributed by atoms with Gasteiger partial charge in [-0.1, -0.05) is 121 Å². The lowest BCUT2D eigenvalue weighted by Crippen LogP contribution is -2.30. The molecule has 0 N–H and O–H groups in total. The van der Waals surface area contributed by atoms with Crippen LogP contribution in [0.4, 0.5) is 0 Å². The maximum Gasteiger partial charge on any atom is 0.233 e. The standard InChI is InChI=1S/C34H29NO2/c36-33(30-14-8-3-9-15-30)21-20-31-25-32(35(34(31)37)23-22-26-10-4-1-5-11-26)24-27-16-18-29(19-17-27)28-12-6-2-7-13-28/h1-23,31-32H,24-25H2. The van der Waals surface area contributed by atoms with Crippen LogP contribution in [0.3, 0.4) is 0 Å². The highest BCUT2D eigenvalue weighted by atomic mass is 16.2. The molecule has 0 saturated carbocycles. The molecule has 2 atom stereocenters. The zero-order valence-electron chi connectivity index (χ0n) is 20.6. The zero-order valence-corrected chi connectivity index (χ0v) is 20.6. The summed E-state index contributed by atoms with van der Waals surface area (Å²) < 4.78 is 0. The number of nitrogens with zero attached hydrogens (tertiary/aromatic N) is 1. The number of hydrogen-bond acceptors (Lipinski definition) is 2. The Bertz CT molecular complexity index is 1390. The predicted octanol–water partition coefficient (Wildman–Crippen LogP) is 7.22. The fraction of sp³-hybridized carbons (Fsp3) is 0.118. The summed E-state index contributed by atoms with van der Waals surface area (Å²) in [7, 11) is 0. The Labute approximate surface area is 218 Å². The number of carbonyl (C=O) groups is 2. The maximum absolute atomic E-state index is 13.4. The minimum atomic E-state index is -0.332. The lowest BCUT2D eigenvalue weighted by atomic mass is 9.97. The second-order valence-corrected chi connectivity index (χ2v) is 9.32. The quantitative estimate of drug-likeness (QED) is 0.196. The number of carbonyl (C=O) groups excluding carboxylic acids is 2. The molecule has 3 nitrogen and oxygen atoms in total. The van der Waals surface area contributed by atoms with Gasteiger partial charge in [0.1, 0.15) is 0 Å². The van der Waals surface area contributed by atoms with Crippen molar-refractivity contribution in [3.05, 3.63) is 150 Å². The second-order valence-electron chi connectivity index (χ2n) is 9.32. The van der Waals surface area contributed by atoms with Crippen LogP contribution in [0.1, 0.15) is 27.9 Å². The lowest BCUT2D eigenvalue weighted by molar-refractivity contribution is -0.128. The van der Waals surface area contributed by atoms with E-state index in [2.05, 4.69) is 36.4 Å². The van der Waals surface area contributed by atoms with Crippen molar-refractivity contribution in [1.82, 2.24) is 4.90 Å². The maximum atomic E-state index is 13.4. The van der Waals surface area contributed by atoms with E-state index in [0.717, 1.165) is 12.0 Å². The molecule has 37 heavy (non-hydrogen) atoms. The topological polar surface area (TPSA) is 37.4 Å². The van der Waals surface area contributed by atoms with E-state index in [1.165, 1.54) is 16.7 Å². The first kappa shape index (κ1) is 24.2. The van der Waals surface area contributed by atoms with E-state index in [1.54, 1.807) is 24.3 Å². The van der Waals surface area contributed by atoms with Crippen LogP contribution >= 0.6 is 0 Å². The van der Waals surface area contributed by atoms with Gasteiger partial charge in [0.25, 0.3) is 0 Å². The number of benzene rings is 4. The van der Waals surface area contributed by atoms with Gasteiger partial charge in [-0.3, -0.25) is 9.59 Å². The van der Waals surface area contributed by atoms with E-state index in [0.29, 0.717) is 12.0 Å². The molecule has 0 aliphatic carbocycles. The highest BCUT2D eigenvalue weighted by Crippen LogP contribution is 2.30. The van der Waals surface area contributed by atoms with Crippen molar-refractivity contribution < 1.29 is 9.59 Å². The van der Waals surface area contributed by atoms with Gasteiger partial charge < -0.3 is 4.90 Å². The molecule has 1 aliphatic rings. The molecule has 182 valence electrons. The molecule has 1 heterocycles. The minimum absolute atomic E-state index is 0.0107. The van der Waals surface area contributed by atoms with Crippen molar-refractivity contribution in [3.8, 4) is 11.1 Å². The fourth-order valence-electron chi connectivity index (χ4n) is 4.79. The minimum Gasteiger partial charge on any atom is -0.315 e. The summed E-state index contributed by atoms with van der Waals surface area (Å²) in [4.78, 5) is 27.9. The molecule has 0 spiro atoms. The molecular formula is C34H29NO2. The molecule has 1 saturated heterocycles. The van der Waals surface area contributed by atoms with E-state index in [4.69, 9.17) is 0 Å². The van der Waals surface area contributed by atoms with Crippen molar-refractivity contribution in [1.29, 1.82) is 0 Å². The third-order valence-corrected chi connectivity index (χ3v) is 6.79. The Morgan fingerprint density at radius 3 is 2.03 bits per heavy atom. The summed E-state index contributed by atoms with van der Waals surface area (Å²) in [6.07, 6.45) is 8.61. The summed E-state index contributed by atoms with van der Waals surface area (Å²) in [5, 5.41) is 0. The van der Waals surface area contributed by atoms with Crippen molar-refractivity contribution in [3.63, 3.8) is 0 Å². The summed E-state index contributed by atoms with van der Waals surface area (Å²) >= 11 is 0. The molecule has 5 rings (SSSR count). The largest absolute Gasteiger partial charge is 0.315 e. The fourth-order valence-corrected chi connectivity index (χ4v) is 4.79. The lowest BCUT2D eigenvalue weighted by Gasteiger charge is -2.21. The van der Waals surface area contributed by atoms with Crippen LogP contribution in [-0.4, -0.2) is 22.6 Å². The molecule has 1 aliphatic heterocycles. The Hall–Kier alpha value is -4.50. The predicted molar refractivity (Wildman–Crippen MR) is 150 cm³/mol. The Morgan fingerprint density at radius 2 is 1.35 bits per heavy atom. The highest BCUT2D eigenvalue weighted by Gasteiger charge is 2.37. The number of amides is 1. The van der Waals surface area contributed by atoms with Crippen molar-refractivity contribution in [2.75, 3.05) is 0 Å². The number of likely N-dealkylation sites (tertiary alicyclic amines) is 1. The van der Waals surface area contributed by atoms with Gasteiger partial charge in [-0.15, -0.1) is 0 Å². The molecule has 0 bridgehead atoms. The van der Waals surface area contributed by atoms with Crippen LogP contribution in [0.2, 0.25) is 0 Å². The van der Waals surface area contributed by atoms with E-state index >= 15 is 0 Å². The molecule has 2 unspecified atom stereocenters. The first-order valence-corrected chi connectivity index (χ1v) is 12.6. The summed E-state index contributed by atoms with van der Waals surface area (Å²) in [6, 6.07) is 38.0. The Morgan fingerprint density at radius 1 is 0.757 bits per heavy atom. The van der Waals surface area contributed by atoms with Gasteiger partial charge in [0, 0.05) is 17.8 Å². The second kappa shape index (κ2) is 11.5. The molecule has 1 fully saturated rings. The smallest absolute Gasteiger partial charge is 0.233 e. The average Bonchev–Trinajstić information content (AvgIpc) is 3.25. The number of hydrogen-bond donors (Lipinski definition) is 0. The molecule has 3 heteroatoms. The van der Waals surface area contributed by atoms with E-state index in [1.807, 2.05) is 83.9 Å². The van der Waals surface area contributed by atoms with Gasteiger partial charge in [-0.2, -0.15) is 0 Å². The van der Waals surface area contributed by atoms with Gasteiger partial charge in [-0.05, 0) is 47.2 Å². The first-order valence-electron chi connectivity index (χ1n) is 12.6. The van der Waals surface area contributed by atoms with Gasteiger partial charge in [-0.25, -0.2) is 0 Å². The average molecular weight is 484 g/mol. The van der Waals surface area contributed by atoms with Gasteiger partial charge in [0.05, 0.1) is 5.92 Å². The van der Waals surface area contributed by atoms with Gasteiger partial charge >= 0.3 is 0 Å². The highest BCUT2D eigenvalue weighted by molar-refractivity contribution is 6.04. The third kappa shape index (κ3) is 6.02. The van der Waals surface area contributed by atoms with Crippen LogP contribution in [0.25, 0.3) is 17.2 Å². The summed E-state index contributed by atoms with van der Waals surface area (Å²) in [5.41, 5.74) is 5.21. The van der Waals surface area contributed by atoms with E-state index < -0.39 is 0 Å². The Balaban J connectivity index is 1.35. The van der Waals surface area contributed by atoms with Crippen molar-refractivity contribution >= 4 is 17.8 Å².